The highest BCUT2D eigenvalue weighted by molar-refractivity contribution is 8.04. The minimum absolute atomic E-state index is 0.0333. The fourth-order valence-electron chi connectivity index (χ4n) is 2.13. The van der Waals surface area contributed by atoms with Gasteiger partial charge in [0.2, 0.25) is 0 Å². The van der Waals surface area contributed by atoms with E-state index in [1.165, 1.54) is 0 Å². The van der Waals surface area contributed by atoms with Gasteiger partial charge in [-0.25, -0.2) is 4.98 Å². The first-order valence-corrected chi connectivity index (χ1v) is 7.03. The number of hydrogen-bond donors (Lipinski definition) is 2. The van der Waals surface area contributed by atoms with Crippen LogP contribution in [0.1, 0.15) is 0 Å². The molecule has 2 aromatic rings. The summed E-state index contributed by atoms with van der Waals surface area (Å²) in [4.78, 5) is 21.9. The molecule has 0 bridgehead atoms. The van der Waals surface area contributed by atoms with E-state index in [4.69, 9.17) is 0 Å². The second kappa shape index (κ2) is 4.97. The number of H-pyrrole nitrogens is 1. The van der Waals surface area contributed by atoms with Crippen LogP contribution in [0.15, 0.2) is 35.6 Å². The van der Waals surface area contributed by atoms with Crippen LogP contribution in [0.5, 0.6) is 0 Å². The second-order valence-corrected chi connectivity index (χ2v) is 5.32. The fourth-order valence-corrected chi connectivity index (χ4v) is 3.07. The number of carbonyl (C=O) groups excluding carboxylic acids is 1. The number of aromatic amines is 1. The van der Waals surface area contributed by atoms with Gasteiger partial charge in [0.05, 0.1) is 10.6 Å². The molecule has 0 atom stereocenters. The summed E-state index contributed by atoms with van der Waals surface area (Å²) >= 11 is 1.59. The van der Waals surface area contributed by atoms with Crippen LogP contribution >= 0.6 is 11.8 Å². The zero-order valence-corrected chi connectivity index (χ0v) is 11.3. The lowest BCUT2D eigenvalue weighted by Gasteiger charge is -2.26. The van der Waals surface area contributed by atoms with E-state index in [9.17, 15) is 4.79 Å². The normalized spacial score (nSPS) is 15.4. The summed E-state index contributed by atoms with van der Waals surface area (Å²) < 4.78 is 0. The Balaban J connectivity index is 2.02. The predicted molar refractivity (Wildman–Crippen MR) is 78.0 cm³/mol. The molecule has 0 unspecified atom stereocenters. The van der Waals surface area contributed by atoms with Crippen LogP contribution in [-0.4, -0.2) is 35.2 Å². The summed E-state index contributed by atoms with van der Waals surface area (Å²) in [5.41, 5.74) is 1.94. The first kappa shape index (κ1) is 12.1. The number of carbonyl (C=O) groups is 1. The maximum atomic E-state index is 11.7. The van der Waals surface area contributed by atoms with Crippen LogP contribution in [0.3, 0.4) is 0 Å². The van der Waals surface area contributed by atoms with Crippen molar-refractivity contribution in [3.05, 3.63) is 35.6 Å². The van der Waals surface area contributed by atoms with Crippen molar-refractivity contribution >= 4 is 34.4 Å². The topological polar surface area (TPSA) is 61.0 Å². The van der Waals surface area contributed by atoms with E-state index < -0.39 is 0 Å². The zero-order chi connectivity index (χ0) is 13.2. The molecule has 5 nitrogen and oxygen atoms in total. The standard InChI is InChI=1S/C13H14N4OS/c1-14-13(18)11-8-17(6-7-19-11)10-3-5-16-12-9(10)2-4-15-12/h2-5,8H,6-7H2,1H3,(H,14,18)(H,15,16). The van der Waals surface area contributed by atoms with E-state index in [2.05, 4.69) is 20.2 Å². The molecule has 3 rings (SSSR count). The Kier molecular flexibility index (Phi) is 3.16. The fraction of sp³-hybridized carbons (Fsp3) is 0.231. The minimum atomic E-state index is -0.0333. The highest BCUT2D eigenvalue weighted by Gasteiger charge is 2.18. The van der Waals surface area contributed by atoms with Crippen LogP contribution in [0, 0.1) is 0 Å². The molecule has 1 aliphatic rings. The average Bonchev–Trinajstić information content (AvgIpc) is 2.94. The van der Waals surface area contributed by atoms with Gasteiger partial charge < -0.3 is 15.2 Å². The Hall–Kier alpha value is -1.95. The summed E-state index contributed by atoms with van der Waals surface area (Å²) in [5, 5.41) is 3.74. The molecular weight excluding hydrogens is 260 g/mol. The number of anilines is 1. The number of rotatable bonds is 2. The van der Waals surface area contributed by atoms with Crippen LogP contribution in [0.25, 0.3) is 11.0 Å². The molecule has 0 saturated heterocycles. The number of pyridine rings is 1. The molecule has 0 fully saturated rings. The van der Waals surface area contributed by atoms with Gasteiger partial charge in [-0.15, -0.1) is 11.8 Å². The Morgan fingerprint density at radius 3 is 3.26 bits per heavy atom. The largest absolute Gasteiger partial charge is 0.355 e. The van der Waals surface area contributed by atoms with Gasteiger partial charge in [0.1, 0.15) is 5.65 Å². The summed E-state index contributed by atoms with van der Waals surface area (Å²) in [7, 11) is 1.65. The Labute approximate surface area is 115 Å². The lowest BCUT2D eigenvalue weighted by Crippen LogP contribution is -2.28. The monoisotopic (exact) mass is 274 g/mol. The summed E-state index contributed by atoms with van der Waals surface area (Å²) in [6.07, 6.45) is 5.57. The molecule has 0 aliphatic carbocycles. The predicted octanol–water partition coefficient (Wildman–Crippen LogP) is 1.70. The molecule has 1 aliphatic heterocycles. The number of nitrogens with zero attached hydrogens (tertiary/aromatic N) is 2. The SMILES string of the molecule is CNC(=O)C1=CN(c2ccnc3[nH]ccc23)CCS1. The van der Waals surface area contributed by atoms with Crippen molar-refractivity contribution in [3.8, 4) is 0 Å². The van der Waals surface area contributed by atoms with Gasteiger partial charge in [-0.1, -0.05) is 0 Å². The smallest absolute Gasteiger partial charge is 0.258 e. The van der Waals surface area contributed by atoms with Crippen molar-refractivity contribution in [1.82, 2.24) is 15.3 Å². The first-order chi connectivity index (χ1) is 9.29. The van der Waals surface area contributed by atoms with E-state index in [-0.39, 0.29) is 5.91 Å². The van der Waals surface area contributed by atoms with Gasteiger partial charge in [0.25, 0.3) is 5.91 Å². The lowest BCUT2D eigenvalue weighted by atomic mass is 10.2. The van der Waals surface area contributed by atoms with E-state index in [0.717, 1.165) is 33.9 Å². The summed E-state index contributed by atoms with van der Waals surface area (Å²) in [5.74, 6) is 0.863. The molecule has 0 radical (unpaired) electrons. The quantitative estimate of drug-likeness (QED) is 0.875. The third-order valence-corrected chi connectivity index (χ3v) is 4.05. The average molecular weight is 274 g/mol. The van der Waals surface area contributed by atoms with Crippen molar-refractivity contribution in [1.29, 1.82) is 0 Å². The van der Waals surface area contributed by atoms with Gasteiger partial charge >= 0.3 is 0 Å². The Morgan fingerprint density at radius 2 is 2.42 bits per heavy atom. The molecule has 0 aromatic carbocycles. The minimum Gasteiger partial charge on any atom is -0.355 e. The number of likely N-dealkylation sites (N-methyl/N-ethyl adjacent to an activating group) is 1. The highest BCUT2D eigenvalue weighted by Crippen LogP contribution is 2.30. The maximum absolute atomic E-state index is 11.7. The molecule has 6 heteroatoms. The van der Waals surface area contributed by atoms with Gasteiger partial charge in [0, 0.05) is 43.3 Å². The number of fused-ring (bicyclic) bond motifs is 1. The van der Waals surface area contributed by atoms with Gasteiger partial charge in [0.15, 0.2) is 0 Å². The van der Waals surface area contributed by atoms with Crippen molar-refractivity contribution in [2.75, 3.05) is 24.2 Å². The zero-order valence-electron chi connectivity index (χ0n) is 10.5. The van der Waals surface area contributed by atoms with Crippen LogP contribution in [0.2, 0.25) is 0 Å². The van der Waals surface area contributed by atoms with Crippen LogP contribution in [0.4, 0.5) is 5.69 Å². The maximum Gasteiger partial charge on any atom is 0.258 e. The third kappa shape index (κ3) is 2.19. The molecule has 0 spiro atoms. The molecule has 2 aromatic heterocycles. The number of amides is 1. The van der Waals surface area contributed by atoms with Crippen LogP contribution in [-0.2, 0) is 4.79 Å². The lowest BCUT2D eigenvalue weighted by molar-refractivity contribution is -0.116. The van der Waals surface area contributed by atoms with Crippen molar-refractivity contribution in [2.45, 2.75) is 0 Å². The summed E-state index contributed by atoms with van der Waals surface area (Å²) in [6, 6.07) is 3.98. The Morgan fingerprint density at radius 1 is 1.53 bits per heavy atom. The van der Waals surface area contributed by atoms with E-state index in [0.29, 0.717) is 0 Å². The summed E-state index contributed by atoms with van der Waals surface area (Å²) in [6.45, 7) is 0.884. The van der Waals surface area contributed by atoms with E-state index in [1.54, 1.807) is 25.0 Å². The molecule has 0 saturated carbocycles. The van der Waals surface area contributed by atoms with Gasteiger partial charge in [-0.05, 0) is 12.1 Å². The molecule has 19 heavy (non-hydrogen) atoms. The third-order valence-electron chi connectivity index (χ3n) is 3.06. The number of aromatic nitrogens is 2. The van der Waals surface area contributed by atoms with Crippen molar-refractivity contribution < 1.29 is 4.79 Å². The number of nitrogens with one attached hydrogen (secondary N) is 2. The molecular formula is C13H14N4OS. The van der Waals surface area contributed by atoms with E-state index >= 15 is 0 Å². The second-order valence-electron chi connectivity index (χ2n) is 4.18. The highest BCUT2D eigenvalue weighted by atomic mass is 32.2. The van der Waals surface area contributed by atoms with Crippen molar-refractivity contribution in [3.63, 3.8) is 0 Å². The van der Waals surface area contributed by atoms with Crippen molar-refractivity contribution in [2.24, 2.45) is 0 Å². The van der Waals surface area contributed by atoms with E-state index in [1.807, 2.05) is 24.5 Å². The van der Waals surface area contributed by atoms with Crippen LogP contribution < -0.4 is 10.2 Å². The first-order valence-electron chi connectivity index (χ1n) is 6.05. The molecule has 2 N–H and O–H groups in total. The molecule has 98 valence electrons. The Bertz CT molecular complexity index is 649. The molecule has 3 heterocycles. The van der Waals surface area contributed by atoms with Gasteiger partial charge in [-0.2, -0.15) is 0 Å². The van der Waals surface area contributed by atoms with Gasteiger partial charge in [-0.3, -0.25) is 4.79 Å². The number of hydrogen-bond acceptors (Lipinski definition) is 4. The molecule has 1 amide bonds. The number of thioether (sulfide) groups is 1.